The Morgan fingerprint density at radius 1 is 1.10 bits per heavy atom. The molecule has 6 nitrogen and oxygen atoms in total. The molecular formula is C24H28N4O2. The number of benzene rings is 2. The molecule has 2 N–H and O–H groups in total. The standard InChI is InChI=1S/C24H28N4O2/c1-14(2)22(23-25-18-11-7-8-12-20(18)28(23)15(3)4)27-21(29)13-19-16-9-5-6-10-17(16)24(30)26-19/h5-12,14-15,19,22H,13H2,1-4H3,(H,26,30)(H,27,29)/t19-,22+/m0/s1. The first-order valence-electron chi connectivity index (χ1n) is 10.5. The van der Waals surface area contributed by atoms with E-state index in [0.717, 1.165) is 22.4 Å². The van der Waals surface area contributed by atoms with E-state index in [4.69, 9.17) is 4.98 Å². The van der Waals surface area contributed by atoms with Crippen LogP contribution in [0.5, 0.6) is 0 Å². The quantitative estimate of drug-likeness (QED) is 0.643. The van der Waals surface area contributed by atoms with Crippen molar-refractivity contribution in [3.05, 3.63) is 65.5 Å². The predicted octanol–water partition coefficient (Wildman–Crippen LogP) is 4.31. The lowest BCUT2D eigenvalue weighted by atomic mass is 10.0. The van der Waals surface area contributed by atoms with Crippen molar-refractivity contribution in [2.75, 3.05) is 0 Å². The van der Waals surface area contributed by atoms with Crippen molar-refractivity contribution in [3.8, 4) is 0 Å². The SMILES string of the molecule is CC(C)[C@@H](NC(=O)C[C@@H]1NC(=O)c2ccccc21)c1nc2ccccc2n1C(C)C. The summed E-state index contributed by atoms with van der Waals surface area (Å²) in [5, 5.41) is 6.11. The molecule has 1 aliphatic rings. The van der Waals surface area contributed by atoms with Crippen LogP contribution >= 0.6 is 0 Å². The Morgan fingerprint density at radius 3 is 2.53 bits per heavy atom. The molecule has 0 bridgehead atoms. The maximum absolute atomic E-state index is 13.0. The number of hydrogen-bond donors (Lipinski definition) is 2. The Hall–Kier alpha value is -3.15. The van der Waals surface area contributed by atoms with Gasteiger partial charge in [-0.25, -0.2) is 4.98 Å². The summed E-state index contributed by atoms with van der Waals surface area (Å²) in [7, 11) is 0. The first kappa shape index (κ1) is 20.1. The lowest BCUT2D eigenvalue weighted by Crippen LogP contribution is -2.36. The largest absolute Gasteiger partial charge is 0.346 e. The molecule has 2 amide bonds. The molecule has 156 valence electrons. The van der Waals surface area contributed by atoms with Gasteiger partial charge in [0.25, 0.3) is 5.91 Å². The van der Waals surface area contributed by atoms with Gasteiger partial charge >= 0.3 is 0 Å². The Morgan fingerprint density at radius 2 is 1.80 bits per heavy atom. The summed E-state index contributed by atoms with van der Waals surface area (Å²) in [4.78, 5) is 30.0. The number of aromatic nitrogens is 2. The molecule has 0 saturated heterocycles. The Bertz CT molecular complexity index is 1100. The van der Waals surface area contributed by atoms with E-state index >= 15 is 0 Å². The minimum Gasteiger partial charge on any atom is -0.346 e. The van der Waals surface area contributed by atoms with Crippen molar-refractivity contribution in [1.82, 2.24) is 20.2 Å². The van der Waals surface area contributed by atoms with Gasteiger partial charge in [-0.3, -0.25) is 9.59 Å². The minimum absolute atomic E-state index is 0.0990. The summed E-state index contributed by atoms with van der Waals surface area (Å²) >= 11 is 0. The number of amides is 2. The van der Waals surface area contributed by atoms with Crippen LogP contribution in [-0.4, -0.2) is 21.4 Å². The van der Waals surface area contributed by atoms with Gasteiger partial charge in [0, 0.05) is 11.6 Å². The summed E-state index contributed by atoms with van der Waals surface area (Å²) in [6.07, 6.45) is 0.202. The van der Waals surface area contributed by atoms with E-state index in [2.05, 4.69) is 49.0 Å². The molecule has 2 aromatic carbocycles. The van der Waals surface area contributed by atoms with Crippen molar-refractivity contribution < 1.29 is 9.59 Å². The molecule has 0 saturated carbocycles. The van der Waals surface area contributed by atoms with Crippen LogP contribution in [-0.2, 0) is 4.79 Å². The molecule has 6 heteroatoms. The van der Waals surface area contributed by atoms with Crippen molar-refractivity contribution in [2.24, 2.45) is 5.92 Å². The summed E-state index contributed by atoms with van der Waals surface area (Å²) in [5.41, 5.74) is 3.53. The van der Waals surface area contributed by atoms with Crippen LogP contribution in [0.4, 0.5) is 0 Å². The Balaban J connectivity index is 1.60. The lowest BCUT2D eigenvalue weighted by molar-refractivity contribution is -0.122. The smallest absolute Gasteiger partial charge is 0.252 e. The molecule has 0 fully saturated rings. The molecule has 0 aliphatic carbocycles. The van der Waals surface area contributed by atoms with E-state index in [1.165, 1.54) is 0 Å². The number of fused-ring (bicyclic) bond motifs is 2. The predicted molar refractivity (Wildman–Crippen MR) is 117 cm³/mol. The van der Waals surface area contributed by atoms with Crippen LogP contribution in [0.3, 0.4) is 0 Å². The minimum atomic E-state index is -0.301. The van der Waals surface area contributed by atoms with Crippen LogP contribution < -0.4 is 10.6 Å². The highest BCUT2D eigenvalue weighted by Gasteiger charge is 2.31. The molecular weight excluding hydrogens is 376 g/mol. The molecule has 1 aliphatic heterocycles. The maximum Gasteiger partial charge on any atom is 0.252 e. The normalized spacial score (nSPS) is 16.7. The fraction of sp³-hybridized carbons (Fsp3) is 0.375. The monoisotopic (exact) mass is 404 g/mol. The van der Waals surface area contributed by atoms with E-state index in [-0.39, 0.29) is 42.3 Å². The molecule has 4 rings (SSSR count). The molecule has 0 unspecified atom stereocenters. The molecule has 2 heterocycles. The highest BCUT2D eigenvalue weighted by Crippen LogP contribution is 2.31. The summed E-state index contributed by atoms with van der Waals surface area (Å²) in [6.45, 7) is 8.42. The van der Waals surface area contributed by atoms with Crippen molar-refractivity contribution in [2.45, 2.75) is 52.2 Å². The fourth-order valence-corrected chi connectivity index (χ4v) is 4.25. The Labute approximate surface area is 176 Å². The average molecular weight is 405 g/mol. The number of hydrogen-bond acceptors (Lipinski definition) is 3. The molecule has 3 aromatic rings. The third kappa shape index (κ3) is 3.58. The number of imidazole rings is 1. The van der Waals surface area contributed by atoms with E-state index in [9.17, 15) is 9.59 Å². The first-order valence-corrected chi connectivity index (χ1v) is 10.5. The molecule has 2 atom stereocenters. The Kier molecular flexibility index (Phi) is 5.33. The second-order valence-corrected chi connectivity index (χ2v) is 8.53. The number of nitrogens with zero attached hydrogens (tertiary/aromatic N) is 2. The van der Waals surface area contributed by atoms with Crippen molar-refractivity contribution in [3.63, 3.8) is 0 Å². The van der Waals surface area contributed by atoms with Gasteiger partial charge in [0.1, 0.15) is 5.82 Å². The van der Waals surface area contributed by atoms with E-state index in [0.29, 0.717) is 5.56 Å². The van der Waals surface area contributed by atoms with Gasteiger partial charge in [-0.15, -0.1) is 0 Å². The van der Waals surface area contributed by atoms with Crippen LogP contribution in [0.1, 0.15) is 74.0 Å². The number of para-hydroxylation sites is 2. The highest BCUT2D eigenvalue weighted by atomic mass is 16.2. The zero-order valence-corrected chi connectivity index (χ0v) is 17.8. The molecule has 0 spiro atoms. The van der Waals surface area contributed by atoms with Gasteiger partial charge in [0.15, 0.2) is 0 Å². The van der Waals surface area contributed by atoms with Gasteiger partial charge in [-0.05, 0) is 43.5 Å². The molecule has 1 aromatic heterocycles. The number of rotatable bonds is 6. The van der Waals surface area contributed by atoms with Gasteiger partial charge in [-0.2, -0.15) is 0 Å². The third-order valence-corrected chi connectivity index (χ3v) is 5.68. The van der Waals surface area contributed by atoms with E-state index < -0.39 is 0 Å². The second kappa shape index (κ2) is 7.94. The van der Waals surface area contributed by atoms with Gasteiger partial charge in [0.2, 0.25) is 5.91 Å². The lowest BCUT2D eigenvalue weighted by Gasteiger charge is -2.25. The average Bonchev–Trinajstić information content (AvgIpc) is 3.24. The topological polar surface area (TPSA) is 76.0 Å². The summed E-state index contributed by atoms with van der Waals surface area (Å²) < 4.78 is 2.20. The zero-order chi connectivity index (χ0) is 21.4. The molecule has 0 radical (unpaired) electrons. The number of carbonyl (C=O) groups excluding carboxylic acids is 2. The van der Waals surface area contributed by atoms with Crippen LogP contribution in [0.2, 0.25) is 0 Å². The van der Waals surface area contributed by atoms with Crippen molar-refractivity contribution in [1.29, 1.82) is 0 Å². The van der Waals surface area contributed by atoms with E-state index in [1.54, 1.807) is 6.07 Å². The van der Waals surface area contributed by atoms with E-state index in [1.807, 2.05) is 36.4 Å². The highest BCUT2D eigenvalue weighted by molar-refractivity contribution is 5.99. The van der Waals surface area contributed by atoms with Gasteiger partial charge < -0.3 is 15.2 Å². The van der Waals surface area contributed by atoms with Crippen LogP contribution in [0.25, 0.3) is 11.0 Å². The van der Waals surface area contributed by atoms with Crippen molar-refractivity contribution >= 4 is 22.8 Å². The zero-order valence-electron chi connectivity index (χ0n) is 17.8. The van der Waals surface area contributed by atoms with Gasteiger partial charge in [-0.1, -0.05) is 44.2 Å². The maximum atomic E-state index is 13.0. The second-order valence-electron chi connectivity index (χ2n) is 8.53. The molecule has 30 heavy (non-hydrogen) atoms. The summed E-state index contributed by atoms with van der Waals surface area (Å²) in [5.74, 6) is 0.808. The third-order valence-electron chi connectivity index (χ3n) is 5.68. The fourth-order valence-electron chi connectivity index (χ4n) is 4.25. The summed E-state index contributed by atoms with van der Waals surface area (Å²) in [6, 6.07) is 15.2. The first-order chi connectivity index (χ1) is 14.4. The van der Waals surface area contributed by atoms with Gasteiger partial charge in [0.05, 0.1) is 29.5 Å². The van der Waals surface area contributed by atoms with Crippen LogP contribution in [0, 0.1) is 5.92 Å². The number of nitrogens with one attached hydrogen (secondary N) is 2. The number of carbonyl (C=O) groups is 2. The van der Waals surface area contributed by atoms with Crippen LogP contribution in [0.15, 0.2) is 48.5 Å².